The van der Waals surface area contributed by atoms with Crippen LogP contribution < -0.4 is 10.7 Å². The van der Waals surface area contributed by atoms with Crippen molar-refractivity contribution in [3.05, 3.63) is 112 Å². The van der Waals surface area contributed by atoms with E-state index in [0.717, 1.165) is 5.56 Å². The number of halogens is 1. The molecule has 1 amide bonds. The van der Waals surface area contributed by atoms with Gasteiger partial charge in [-0.3, -0.25) is 14.4 Å². The number of hydrogen-bond acceptors (Lipinski definition) is 6. The Morgan fingerprint density at radius 2 is 1.62 bits per heavy atom. The van der Waals surface area contributed by atoms with Gasteiger partial charge in [0.1, 0.15) is 17.1 Å². The van der Waals surface area contributed by atoms with Crippen LogP contribution in [0.3, 0.4) is 0 Å². The van der Waals surface area contributed by atoms with Gasteiger partial charge < -0.3 is 19.9 Å². The van der Waals surface area contributed by atoms with Gasteiger partial charge in [-0.15, -0.1) is 11.6 Å². The molecule has 0 aromatic heterocycles. The number of aromatic carboxylic acids is 1. The molecule has 3 aromatic rings. The Labute approximate surface area is 232 Å². The highest BCUT2D eigenvalue weighted by Gasteiger charge is 2.28. The molecule has 2 aliphatic rings. The second kappa shape index (κ2) is 11.0. The number of phenolic OH excluding ortho intramolecular Hbond substituents is 1. The fraction of sp³-hybridized carbons (Fsp3) is 0.0968. The van der Waals surface area contributed by atoms with Crippen LogP contribution in [0, 0.1) is 0 Å². The SMILES string of the molecule is O=C(O)c1cccc(C(=O)NC(Cc2ccccc2)C(=O)CCl)c1-c1c2ccc(=O)cc-2oc2cc(O)ccc12. The number of carboxylic acids is 1. The van der Waals surface area contributed by atoms with E-state index in [2.05, 4.69) is 5.32 Å². The van der Waals surface area contributed by atoms with Gasteiger partial charge in [-0.05, 0) is 48.4 Å². The van der Waals surface area contributed by atoms with Crippen molar-refractivity contribution >= 4 is 40.2 Å². The molecule has 1 atom stereocenters. The third-order valence-corrected chi connectivity index (χ3v) is 6.84. The number of carbonyl (C=O) groups excluding carboxylic acids is 2. The van der Waals surface area contributed by atoms with Crippen molar-refractivity contribution in [2.45, 2.75) is 12.5 Å². The Bertz CT molecular complexity index is 1800. The number of ketones is 1. The van der Waals surface area contributed by atoms with Gasteiger partial charge >= 0.3 is 5.97 Å². The number of hydrogen-bond donors (Lipinski definition) is 3. The number of rotatable bonds is 8. The summed E-state index contributed by atoms with van der Waals surface area (Å²) in [5.41, 5.74) is 1.24. The van der Waals surface area contributed by atoms with Crippen LogP contribution in [0.25, 0.3) is 33.4 Å². The maximum atomic E-state index is 13.8. The number of fused-ring (bicyclic) bond motifs is 2. The lowest BCUT2D eigenvalue weighted by Crippen LogP contribution is -2.43. The molecule has 3 N–H and O–H groups in total. The standard InChI is InChI=1S/C31H22ClNO7/c32-16-25(36)24(13-17-5-2-1-3-6-17)33-30(37)22-7-4-8-23(31(38)39)29(22)28-20-11-9-18(34)14-26(20)40-27-15-19(35)10-12-21(27)28/h1-12,14-15,24,34H,13,16H2,(H,33,37)(H,38,39). The number of nitrogens with one attached hydrogen (secondary N) is 1. The van der Waals surface area contributed by atoms with E-state index >= 15 is 0 Å². The molecule has 0 bridgehead atoms. The number of benzene rings is 4. The molecule has 1 aliphatic carbocycles. The molecule has 1 heterocycles. The number of amides is 1. The molecule has 3 aromatic carbocycles. The molecule has 1 aliphatic heterocycles. The summed E-state index contributed by atoms with van der Waals surface area (Å²) in [5, 5.41) is 23.4. The monoisotopic (exact) mass is 555 g/mol. The minimum absolute atomic E-state index is 0.00610. The molecule has 1 unspecified atom stereocenters. The van der Waals surface area contributed by atoms with E-state index in [9.17, 15) is 29.4 Å². The summed E-state index contributed by atoms with van der Waals surface area (Å²) in [4.78, 5) is 51.1. The first kappa shape index (κ1) is 26.6. The largest absolute Gasteiger partial charge is 0.508 e. The Morgan fingerprint density at radius 1 is 0.875 bits per heavy atom. The van der Waals surface area contributed by atoms with Crippen LogP contribution in [0.2, 0.25) is 0 Å². The predicted molar refractivity (Wildman–Crippen MR) is 150 cm³/mol. The third-order valence-electron chi connectivity index (χ3n) is 6.57. The van der Waals surface area contributed by atoms with E-state index in [1.54, 1.807) is 6.07 Å². The van der Waals surface area contributed by atoms with Crippen LogP contribution in [0.15, 0.2) is 94.1 Å². The highest BCUT2D eigenvalue weighted by atomic mass is 35.5. The second-order valence-electron chi connectivity index (χ2n) is 9.16. The highest BCUT2D eigenvalue weighted by molar-refractivity contribution is 6.28. The maximum Gasteiger partial charge on any atom is 0.336 e. The van der Waals surface area contributed by atoms with Crippen molar-refractivity contribution < 1.29 is 29.0 Å². The number of alkyl halides is 1. The van der Waals surface area contributed by atoms with Crippen molar-refractivity contribution in [2.75, 3.05) is 5.88 Å². The van der Waals surface area contributed by atoms with Gasteiger partial charge in [-0.25, -0.2) is 4.79 Å². The van der Waals surface area contributed by atoms with Crippen LogP contribution in [0.5, 0.6) is 5.75 Å². The summed E-state index contributed by atoms with van der Waals surface area (Å²) in [6, 6.07) is 20.8. The summed E-state index contributed by atoms with van der Waals surface area (Å²) in [6.45, 7) is 0. The van der Waals surface area contributed by atoms with Crippen LogP contribution >= 0.6 is 11.6 Å². The summed E-state index contributed by atoms with van der Waals surface area (Å²) in [5.74, 6) is -2.65. The molecule has 40 heavy (non-hydrogen) atoms. The third kappa shape index (κ3) is 5.17. The summed E-state index contributed by atoms with van der Waals surface area (Å²) < 4.78 is 5.88. The van der Waals surface area contributed by atoms with E-state index in [-0.39, 0.29) is 51.5 Å². The lowest BCUT2D eigenvalue weighted by atomic mass is 9.87. The Morgan fingerprint density at radius 3 is 2.35 bits per heavy atom. The van der Waals surface area contributed by atoms with Gasteiger partial charge in [-0.2, -0.15) is 0 Å². The zero-order chi connectivity index (χ0) is 28.4. The van der Waals surface area contributed by atoms with Gasteiger partial charge in [0.05, 0.1) is 17.5 Å². The van der Waals surface area contributed by atoms with E-state index < -0.39 is 23.7 Å². The first-order chi connectivity index (χ1) is 19.3. The van der Waals surface area contributed by atoms with Crippen LogP contribution in [0.4, 0.5) is 0 Å². The Kier molecular flexibility index (Phi) is 7.35. The van der Waals surface area contributed by atoms with Crippen molar-refractivity contribution in [3.8, 4) is 28.2 Å². The fourth-order valence-corrected chi connectivity index (χ4v) is 4.93. The topological polar surface area (TPSA) is 134 Å². The van der Waals surface area contributed by atoms with Crippen molar-refractivity contribution in [3.63, 3.8) is 0 Å². The van der Waals surface area contributed by atoms with Gasteiger partial charge in [-0.1, -0.05) is 36.4 Å². The van der Waals surface area contributed by atoms with E-state index in [1.165, 1.54) is 48.5 Å². The normalized spacial score (nSPS) is 11.8. The number of phenols is 1. The van der Waals surface area contributed by atoms with Gasteiger partial charge in [0, 0.05) is 39.8 Å². The number of aromatic hydroxyl groups is 1. The predicted octanol–water partition coefficient (Wildman–Crippen LogP) is 5.12. The minimum Gasteiger partial charge on any atom is -0.508 e. The van der Waals surface area contributed by atoms with Crippen LogP contribution in [-0.2, 0) is 11.2 Å². The van der Waals surface area contributed by atoms with Crippen LogP contribution in [-0.4, -0.2) is 39.8 Å². The van der Waals surface area contributed by atoms with E-state index in [0.29, 0.717) is 16.5 Å². The number of carboxylic acid groups (broad SMARTS) is 1. The van der Waals surface area contributed by atoms with Crippen LogP contribution in [0.1, 0.15) is 26.3 Å². The second-order valence-corrected chi connectivity index (χ2v) is 9.43. The molecule has 0 radical (unpaired) electrons. The van der Waals surface area contributed by atoms with Crippen molar-refractivity contribution in [1.82, 2.24) is 5.32 Å². The van der Waals surface area contributed by atoms with Gasteiger partial charge in [0.25, 0.3) is 5.91 Å². The quantitative estimate of drug-likeness (QED) is 0.179. The Hall–Kier alpha value is -4.95. The summed E-state index contributed by atoms with van der Waals surface area (Å²) >= 11 is 5.86. The molecule has 0 fully saturated rings. The van der Waals surface area contributed by atoms with Crippen molar-refractivity contribution in [2.24, 2.45) is 0 Å². The molecule has 200 valence electrons. The maximum absolute atomic E-state index is 13.8. The highest BCUT2D eigenvalue weighted by Crippen LogP contribution is 2.43. The van der Waals surface area contributed by atoms with E-state index in [4.69, 9.17) is 16.0 Å². The molecule has 0 spiro atoms. The molecule has 0 saturated carbocycles. The fourth-order valence-electron chi connectivity index (χ4n) is 4.74. The van der Waals surface area contributed by atoms with E-state index in [1.807, 2.05) is 30.3 Å². The zero-order valence-electron chi connectivity index (χ0n) is 20.9. The molecular formula is C31H22ClNO7. The molecule has 8 nitrogen and oxygen atoms in total. The first-order valence-corrected chi connectivity index (χ1v) is 12.8. The molecular weight excluding hydrogens is 534 g/mol. The number of carbonyl (C=O) groups is 3. The molecule has 5 rings (SSSR count). The number of Topliss-reactive ketones (excluding diaryl/α,β-unsaturated/α-hetero) is 1. The summed E-state index contributed by atoms with van der Waals surface area (Å²) in [6.07, 6.45) is 0.188. The lowest BCUT2D eigenvalue weighted by Gasteiger charge is -2.21. The molecule has 0 saturated heterocycles. The zero-order valence-corrected chi connectivity index (χ0v) is 21.6. The smallest absolute Gasteiger partial charge is 0.336 e. The first-order valence-electron chi connectivity index (χ1n) is 12.3. The Balaban J connectivity index is 1.72. The minimum atomic E-state index is -1.29. The van der Waals surface area contributed by atoms with Gasteiger partial charge in [0.15, 0.2) is 11.2 Å². The molecule has 9 heteroatoms. The average molecular weight is 556 g/mol. The van der Waals surface area contributed by atoms with Gasteiger partial charge in [0.2, 0.25) is 0 Å². The summed E-state index contributed by atoms with van der Waals surface area (Å²) in [7, 11) is 0. The average Bonchev–Trinajstić information content (AvgIpc) is 2.95. The lowest BCUT2D eigenvalue weighted by molar-refractivity contribution is -0.118. The van der Waals surface area contributed by atoms with Crippen molar-refractivity contribution in [1.29, 1.82) is 0 Å².